The van der Waals surface area contributed by atoms with Crippen molar-refractivity contribution in [2.45, 2.75) is 32.7 Å². The first kappa shape index (κ1) is 17.2. The van der Waals surface area contributed by atoms with Gasteiger partial charge in [-0.1, -0.05) is 62.6 Å². The van der Waals surface area contributed by atoms with E-state index < -0.39 is 0 Å². The van der Waals surface area contributed by atoms with Crippen molar-refractivity contribution in [3.8, 4) is 6.07 Å². The van der Waals surface area contributed by atoms with Crippen molar-refractivity contribution < 1.29 is 0 Å². The number of piperidine rings is 1. The maximum atomic E-state index is 8.97. The minimum Gasteiger partial charge on any atom is -0.299 e. The fourth-order valence-corrected chi connectivity index (χ4v) is 3.19. The van der Waals surface area contributed by atoms with Crippen LogP contribution in [0.2, 0.25) is 0 Å². The number of hydrogen-bond donors (Lipinski definition) is 0. The summed E-state index contributed by atoms with van der Waals surface area (Å²) >= 11 is 0. The van der Waals surface area contributed by atoms with Crippen molar-refractivity contribution in [3.63, 3.8) is 0 Å². The van der Waals surface area contributed by atoms with E-state index in [4.69, 9.17) is 5.26 Å². The van der Waals surface area contributed by atoms with Crippen LogP contribution in [0.15, 0.2) is 55.7 Å². The molecule has 2 rings (SSSR count). The summed E-state index contributed by atoms with van der Waals surface area (Å²) in [5.74, 6) is 0. The molecule has 1 aliphatic heterocycles. The van der Waals surface area contributed by atoms with Crippen LogP contribution in [0.3, 0.4) is 0 Å². The highest BCUT2D eigenvalue weighted by molar-refractivity contribution is 5.76. The zero-order valence-corrected chi connectivity index (χ0v) is 14.1. The Morgan fingerprint density at radius 3 is 2.61 bits per heavy atom. The van der Waals surface area contributed by atoms with Crippen LogP contribution in [0.5, 0.6) is 0 Å². The van der Waals surface area contributed by atoms with Crippen LogP contribution in [0.4, 0.5) is 0 Å². The molecule has 0 aromatic heterocycles. The van der Waals surface area contributed by atoms with Gasteiger partial charge in [-0.3, -0.25) is 4.90 Å². The lowest BCUT2D eigenvalue weighted by atomic mass is 9.78. The summed E-state index contributed by atoms with van der Waals surface area (Å²) in [7, 11) is 0. The van der Waals surface area contributed by atoms with Crippen LogP contribution < -0.4 is 0 Å². The van der Waals surface area contributed by atoms with Gasteiger partial charge in [-0.05, 0) is 48.0 Å². The molecule has 1 fully saturated rings. The lowest BCUT2D eigenvalue weighted by molar-refractivity contribution is 0.116. The maximum Gasteiger partial charge on any atom is 0.0627 e. The number of nitriles is 1. The van der Waals surface area contributed by atoms with Crippen molar-refractivity contribution in [1.29, 1.82) is 5.26 Å². The van der Waals surface area contributed by atoms with Crippen LogP contribution in [0, 0.1) is 16.7 Å². The summed E-state index contributed by atoms with van der Waals surface area (Å²) in [6.45, 7) is 13.0. The number of nitrogens with zero attached hydrogens (tertiary/aromatic N) is 2. The molecular weight excluding hydrogens is 280 g/mol. The molecule has 0 bridgehead atoms. The predicted octanol–water partition coefficient (Wildman–Crippen LogP) is 4.96. The minimum atomic E-state index is 0.194. The third-order valence-corrected chi connectivity index (χ3v) is 4.81. The number of likely N-dealkylation sites (tertiary alicyclic amines) is 1. The largest absolute Gasteiger partial charge is 0.299 e. The average Bonchev–Trinajstić information content (AvgIpc) is 2.56. The molecule has 1 aromatic carbocycles. The van der Waals surface area contributed by atoms with Gasteiger partial charge in [-0.25, -0.2) is 0 Å². The zero-order chi connectivity index (χ0) is 16.7. The molecule has 1 aromatic rings. The van der Waals surface area contributed by atoms with Crippen LogP contribution in [-0.2, 0) is 6.54 Å². The molecule has 120 valence electrons. The van der Waals surface area contributed by atoms with Crippen LogP contribution in [0.25, 0.3) is 5.57 Å². The molecule has 0 unspecified atom stereocenters. The Labute approximate surface area is 140 Å². The van der Waals surface area contributed by atoms with E-state index in [9.17, 15) is 0 Å². The monoisotopic (exact) mass is 306 g/mol. The first-order valence-corrected chi connectivity index (χ1v) is 8.24. The fourth-order valence-electron chi connectivity index (χ4n) is 3.19. The Bertz CT molecular complexity index is 625. The summed E-state index contributed by atoms with van der Waals surface area (Å²) in [4.78, 5) is 2.49. The Morgan fingerprint density at radius 2 is 2.00 bits per heavy atom. The number of hydrogen-bond acceptors (Lipinski definition) is 2. The highest BCUT2D eigenvalue weighted by atomic mass is 15.1. The smallest absolute Gasteiger partial charge is 0.0627 e. The third-order valence-electron chi connectivity index (χ3n) is 4.81. The van der Waals surface area contributed by atoms with E-state index in [-0.39, 0.29) is 5.41 Å². The Balaban J connectivity index is 2.11. The van der Waals surface area contributed by atoms with Crippen molar-refractivity contribution >= 4 is 5.57 Å². The van der Waals surface area contributed by atoms with Crippen molar-refractivity contribution in [2.75, 3.05) is 13.1 Å². The topological polar surface area (TPSA) is 27.0 Å². The van der Waals surface area contributed by atoms with Gasteiger partial charge in [0.1, 0.15) is 0 Å². The number of rotatable bonds is 6. The normalized spacial score (nSPS) is 18.2. The Hall–Kier alpha value is -2.11. The van der Waals surface area contributed by atoms with Crippen LogP contribution in [0.1, 0.15) is 37.3 Å². The molecule has 0 radical (unpaired) electrons. The van der Waals surface area contributed by atoms with Gasteiger partial charge in [0.05, 0.1) is 6.07 Å². The van der Waals surface area contributed by atoms with Crippen molar-refractivity contribution in [1.82, 2.24) is 4.90 Å². The average molecular weight is 306 g/mol. The SMILES string of the molecule is C=C/C=C(\C=C)c1ccccc1CN1CCC(C)(CC#N)CC1. The van der Waals surface area contributed by atoms with Gasteiger partial charge in [0.25, 0.3) is 0 Å². The van der Waals surface area contributed by atoms with Gasteiger partial charge in [-0.15, -0.1) is 0 Å². The number of benzene rings is 1. The predicted molar refractivity (Wildman–Crippen MR) is 97.7 cm³/mol. The highest BCUT2D eigenvalue weighted by Crippen LogP contribution is 2.34. The van der Waals surface area contributed by atoms with Gasteiger partial charge in [0, 0.05) is 13.0 Å². The quantitative estimate of drug-likeness (QED) is 0.695. The molecule has 0 aliphatic carbocycles. The van der Waals surface area contributed by atoms with Gasteiger partial charge in [0.15, 0.2) is 0 Å². The second-order valence-electron chi connectivity index (χ2n) is 6.64. The van der Waals surface area contributed by atoms with E-state index in [2.05, 4.69) is 55.3 Å². The Morgan fingerprint density at radius 1 is 1.30 bits per heavy atom. The lowest BCUT2D eigenvalue weighted by Crippen LogP contribution is -2.38. The van der Waals surface area contributed by atoms with E-state index >= 15 is 0 Å². The van der Waals surface area contributed by atoms with E-state index in [1.54, 1.807) is 0 Å². The molecule has 2 nitrogen and oxygen atoms in total. The molecule has 1 saturated heterocycles. The highest BCUT2D eigenvalue weighted by Gasteiger charge is 2.29. The van der Waals surface area contributed by atoms with Gasteiger partial charge in [-0.2, -0.15) is 5.26 Å². The molecule has 0 atom stereocenters. The second-order valence-corrected chi connectivity index (χ2v) is 6.64. The van der Waals surface area contributed by atoms with E-state index in [0.29, 0.717) is 6.42 Å². The van der Waals surface area contributed by atoms with E-state index in [1.807, 2.05) is 18.2 Å². The fraction of sp³-hybridized carbons (Fsp3) is 0.381. The van der Waals surface area contributed by atoms with E-state index in [0.717, 1.165) is 38.0 Å². The first-order chi connectivity index (χ1) is 11.1. The molecule has 0 N–H and O–H groups in total. The first-order valence-electron chi connectivity index (χ1n) is 8.24. The number of allylic oxidation sites excluding steroid dienone is 4. The van der Waals surface area contributed by atoms with Crippen LogP contribution in [-0.4, -0.2) is 18.0 Å². The van der Waals surface area contributed by atoms with Gasteiger partial charge < -0.3 is 0 Å². The molecular formula is C21H26N2. The summed E-state index contributed by atoms with van der Waals surface area (Å²) in [6, 6.07) is 10.8. The maximum absolute atomic E-state index is 8.97. The second kappa shape index (κ2) is 7.94. The molecule has 1 heterocycles. The standard InChI is InChI=1S/C21H26N2/c1-4-8-18(5-2)20-10-7-6-9-19(20)17-23-15-12-21(3,11-14-22)13-16-23/h4-10H,1-2,11-13,15-17H2,3H3/b18-8+. The third kappa shape index (κ3) is 4.43. The zero-order valence-electron chi connectivity index (χ0n) is 14.1. The van der Waals surface area contributed by atoms with E-state index in [1.165, 1.54) is 11.1 Å². The summed E-state index contributed by atoms with van der Waals surface area (Å²) in [5, 5.41) is 8.97. The molecule has 23 heavy (non-hydrogen) atoms. The summed E-state index contributed by atoms with van der Waals surface area (Å²) in [5.41, 5.74) is 3.86. The van der Waals surface area contributed by atoms with Crippen molar-refractivity contribution in [2.24, 2.45) is 5.41 Å². The van der Waals surface area contributed by atoms with Gasteiger partial charge >= 0.3 is 0 Å². The Kier molecular flexibility index (Phi) is 5.96. The van der Waals surface area contributed by atoms with Crippen LogP contribution >= 0.6 is 0 Å². The molecule has 0 amide bonds. The molecule has 2 heteroatoms. The lowest BCUT2D eigenvalue weighted by Gasteiger charge is -2.38. The summed E-state index contributed by atoms with van der Waals surface area (Å²) < 4.78 is 0. The van der Waals surface area contributed by atoms with Gasteiger partial charge in [0.2, 0.25) is 0 Å². The molecule has 0 saturated carbocycles. The molecule has 0 spiro atoms. The van der Waals surface area contributed by atoms with Crippen molar-refractivity contribution in [3.05, 3.63) is 66.8 Å². The summed E-state index contributed by atoms with van der Waals surface area (Å²) in [6.07, 6.45) is 8.56. The molecule has 1 aliphatic rings. The minimum absolute atomic E-state index is 0.194.